The molecular weight excluding hydrogens is 288 g/mol. The van der Waals surface area contributed by atoms with Crippen LogP contribution in [0.1, 0.15) is 12.8 Å². The van der Waals surface area contributed by atoms with E-state index in [4.69, 9.17) is 9.88 Å². The van der Waals surface area contributed by atoms with Gasteiger partial charge in [-0.2, -0.15) is 0 Å². The predicted octanol–water partition coefficient (Wildman–Crippen LogP) is 0.803. The zero-order valence-corrected chi connectivity index (χ0v) is 12.0. The quantitative estimate of drug-likeness (QED) is 0.751. The van der Waals surface area contributed by atoms with Crippen LogP contribution < -0.4 is 10.5 Å². The summed E-state index contributed by atoms with van der Waals surface area (Å²) >= 11 is 0. The standard InChI is InChI=1S/C12H16N2O3S.ClH/c13-18(15,16)9-3-4-11-10(6-9)12-8(7-14-11)2-1-5-17-12;/h3-4,6,8,11,14H,1-2,5,7H2,(H2,13,15,16);1H. The minimum absolute atomic E-state index is 0. The van der Waals surface area contributed by atoms with Crippen LogP contribution in [0.2, 0.25) is 0 Å². The van der Waals surface area contributed by atoms with Gasteiger partial charge in [-0.15, -0.1) is 12.4 Å². The molecule has 0 aromatic rings. The minimum atomic E-state index is -3.66. The molecule has 5 nitrogen and oxygen atoms in total. The van der Waals surface area contributed by atoms with Gasteiger partial charge in [-0.05, 0) is 25.0 Å². The van der Waals surface area contributed by atoms with Crippen molar-refractivity contribution in [1.29, 1.82) is 0 Å². The van der Waals surface area contributed by atoms with E-state index in [9.17, 15) is 8.42 Å². The molecule has 3 rings (SSSR count). The topological polar surface area (TPSA) is 81.4 Å². The van der Waals surface area contributed by atoms with Crippen LogP contribution in [-0.2, 0) is 14.8 Å². The fourth-order valence-electron chi connectivity index (χ4n) is 2.71. The number of ether oxygens (including phenoxy) is 1. The van der Waals surface area contributed by atoms with Crippen molar-refractivity contribution in [2.24, 2.45) is 11.1 Å². The number of hydrogen-bond donors (Lipinski definition) is 2. The maximum atomic E-state index is 11.4. The van der Waals surface area contributed by atoms with Crippen molar-refractivity contribution in [2.45, 2.75) is 18.9 Å². The highest BCUT2D eigenvalue weighted by Crippen LogP contribution is 2.34. The van der Waals surface area contributed by atoms with Crippen LogP contribution >= 0.6 is 12.4 Å². The molecule has 2 aliphatic heterocycles. The molecule has 1 saturated heterocycles. The molecular formula is C12H17ClN2O3S. The first kappa shape index (κ1) is 14.6. The molecule has 3 aliphatic rings. The van der Waals surface area contributed by atoms with Crippen LogP contribution in [-0.4, -0.2) is 27.6 Å². The smallest absolute Gasteiger partial charge is 0.238 e. The third kappa shape index (κ3) is 2.72. The summed E-state index contributed by atoms with van der Waals surface area (Å²) in [5.74, 6) is 1.30. The molecule has 0 radical (unpaired) electrons. The molecule has 0 saturated carbocycles. The fraction of sp³-hybridized carbons (Fsp3) is 0.500. The second kappa shape index (κ2) is 5.28. The summed E-state index contributed by atoms with van der Waals surface area (Å²) in [5.41, 5.74) is 0.914. The molecule has 7 heteroatoms. The average Bonchev–Trinajstić information content (AvgIpc) is 2.37. The fourth-order valence-corrected chi connectivity index (χ4v) is 3.27. The number of nitrogens with two attached hydrogens (primary N) is 1. The van der Waals surface area contributed by atoms with Gasteiger partial charge in [0.25, 0.3) is 0 Å². The van der Waals surface area contributed by atoms with Gasteiger partial charge in [-0.3, -0.25) is 0 Å². The molecule has 0 aromatic carbocycles. The Bertz CT molecular complexity index is 566. The Morgan fingerprint density at radius 2 is 2.21 bits per heavy atom. The van der Waals surface area contributed by atoms with Gasteiger partial charge in [-0.25, -0.2) is 13.6 Å². The maximum Gasteiger partial charge on any atom is 0.238 e. The zero-order valence-electron chi connectivity index (χ0n) is 10.3. The third-order valence-electron chi connectivity index (χ3n) is 3.61. The number of rotatable bonds is 1. The SMILES string of the molecule is Cl.NS(=O)(=O)C1=CC2=C3OCCCC3CNC2C=C1. The predicted molar refractivity (Wildman–Crippen MR) is 75.1 cm³/mol. The van der Waals surface area contributed by atoms with E-state index in [-0.39, 0.29) is 23.4 Å². The minimum Gasteiger partial charge on any atom is -0.497 e. The zero-order chi connectivity index (χ0) is 12.8. The molecule has 0 amide bonds. The van der Waals surface area contributed by atoms with Crippen LogP contribution in [0.25, 0.3) is 0 Å². The molecule has 19 heavy (non-hydrogen) atoms. The molecule has 1 fully saturated rings. The van der Waals surface area contributed by atoms with Crippen molar-refractivity contribution >= 4 is 22.4 Å². The molecule has 0 bridgehead atoms. The van der Waals surface area contributed by atoms with Crippen LogP contribution in [0.3, 0.4) is 0 Å². The summed E-state index contributed by atoms with van der Waals surface area (Å²) in [4.78, 5) is 0.151. The van der Waals surface area contributed by atoms with Crippen molar-refractivity contribution in [2.75, 3.05) is 13.2 Å². The van der Waals surface area contributed by atoms with Crippen LogP contribution in [0.15, 0.2) is 34.5 Å². The van der Waals surface area contributed by atoms with Crippen molar-refractivity contribution in [3.63, 3.8) is 0 Å². The van der Waals surface area contributed by atoms with E-state index in [2.05, 4.69) is 5.32 Å². The Balaban J connectivity index is 0.00000133. The number of allylic oxidation sites excluding steroid dienone is 1. The van der Waals surface area contributed by atoms with Crippen LogP contribution in [0, 0.1) is 5.92 Å². The van der Waals surface area contributed by atoms with E-state index in [0.717, 1.165) is 30.7 Å². The normalized spacial score (nSPS) is 29.6. The summed E-state index contributed by atoms with van der Waals surface area (Å²) in [6, 6.07) is 0.0415. The lowest BCUT2D eigenvalue weighted by Gasteiger charge is -2.36. The number of sulfonamides is 1. The van der Waals surface area contributed by atoms with Crippen molar-refractivity contribution in [3.8, 4) is 0 Å². The lowest BCUT2D eigenvalue weighted by molar-refractivity contribution is 0.115. The molecule has 2 atom stereocenters. The van der Waals surface area contributed by atoms with Crippen LogP contribution in [0.4, 0.5) is 0 Å². The lowest BCUT2D eigenvalue weighted by Crippen LogP contribution is -2.42. The monoisotopic (exact) mass is 304 g/mol. The van der Waals surface area contributed by atoms with Gasteiger partial charge in [0, 0.05) is 18.0 Å². The van der Waals surface area contributed by atoms with E-state index in [1.807, 2.05) is 6.08 Å². The van der Waals surface area contributed by atoms with Crippen molar-refractivity contribution in [3.05, 3.63) is 34.5 Å². The Morgan fingerprint density at radius 3 is 2.95 bits per heavy atom. The highest BCUT2D eigenvalue weighted by atomic mass is 35.5. The van der Waals surface area contributed by atoms with E-state index in [1.54, 1.807) is 12.2 Å². The first-order valence-corrected chi connectivity index (χ1v) is 7.63. The summed E-state index contributed by atoms with van der Waals surface area (Å²) < 4.78 is 28.5. The van der Waals surface area contributed by atoms with Gasteiger partial charge in [0.1, 0.15) is 5.76 Å². The highest BCUT2D eigenvalue weighted by Gasteiger charge is 2.33. The van der Waals surface area contributed by atoms with Gasteiger partial charge < -0.3 is 10.1 Å². The molecule has 2 unspecified atom stereocenters. The largest absolute Gasteiger partial charge is 0.497 e. The summed E-state index contributed by atoms with van der Waals surface area (Å²) in [6.45, 7) is 1.59. The van der Waals surface area contributed by atoms with Gasteiger partial charge >= 0.3 is 0 Å². The lowest BCUT2D eigenvalue weighted by atomic mass is 9.87. The molecule has 3 N–H and O–H groups in total. The highest BCUT2D eigenvalue weighted by molar-refractivity contribution is 7.93. The summed E-state index contributed by atoms with van der Waals surface area (Å²) in [5, 5.41) is 8.56. The number of hydrogen-bond acceptors (Lipinski definition) is 4. The van der Waals surface area contributed by atoms with Crippen molar-refractivity contribution < 1.29 is 13.2 Å². The number of primary sulfonamides is 1. The summed E-state index contributed by atoms with van der Waals surface area (Å²) in [7, 11) is -3.66. The van der Waals surface area contributed by atoms with Crippen molar-refractivity contribution in [1.82, 2.24) is 5.32 Å². The van der Waals surface area contributed by atoms with Gasteiger partial charge in [0.15, 0.2) is 0 Å². The third-order valence-corrected chi connectivity index (χ3v) is 4.52. The van der Waals surface area contributed by atoms with Crippen LogP contribution in [0.5, 0.6) is 0 Å². The second-order valence-electron chi connectivity index (χ2n) is 4.84. The van der Waals surface area contributed by atoms with Gasteiger partial charge in [0.05, 0.1) is 17.6 Å². The van der Waals surface area contributed by atoms with Gasteiger partial charge in [-0.1, -0.05) is 6.08 Å². The van der Waals surface area contributed by atoms with E-state index in [1.165, 1.54) is 0 Å². The van der Waals surface area contributed by atoms with E-state index < -0.39 is 10.0 Å². The number of halogens is 1. The summed E-state index contributed by atoms with van der Waals surface area (Å²) in [6.07, 6.45) is 7.16. The Morgan fingerprint density at radius 1 is 1.42 bits per heavy atom. The second-order valence-corrected chi connectivity index (χ2v) is 6.41. The first-order valence-electron chi connectivity index (χ1n) is 6.08. The Kier molecular flexibility index (Phi) is 4.06. The number of fused-ring (bicyclic) bond motifs is 2. The van der Waals surface area contributed by atoms with Gasteiger partial charge in [0.2, 0.25) is 10.0 Å². The molecule has 2 heterocycles. The number of nitrogens with one attached hydrogen (secondary N) is 1. The molecule has 0 aromatic heterocycles. The average molecular weight is 305 g/mol. The van der Waals surface area contributed by atoms with E-state index in [0.29, 0.717) is 12.5 Å². The Labute approximate surface area is 119 Å². The molecule has 0 spiro atoms. The maximum absolute atomic E-state index is 11.4. The molecule has 106 valence electrons. The first-order chi connectivity index (χ1) is 8.55. The van der Waals surface area contributed by atoms with E-state index >= 15 is 0 Å². The molecule has 1 aliphatic carbocycles. The Hall–Kier alpha value is -0.820.